The molecule has 0 heterocycles. The number of rotatable bonds is 6. The van der Waals surface area contributed by atoms with E-state index < -0.39 is 0 Å². The maximum absolute atomic E-state index is 12.1. The van der Waals surface area contributed by atoms with Gasteiger partial charge in [0, 0.05) is 21.4 Å². The van der Waals surface area contributed by atoms with Crippen molar-refractivity contribution < 1.29 is 9.53 Å². The fourth-order valence-electron chi connectivity index (χ4n) is 1.83. The zero-order valence-electron chi connectivity index (χ0n) is 11.1. The van der Waals surface area contributed by atoms with E-state index in [1.807, 2.05) is 48.5 Å². The van der Waals surface area contributed by atoms with Crippen LogP contribution in [0.25, 0.3) is 0 Å². The van der Waals surface area contributed by atoms with Crippen LogP contribution in [0.5, 0.6) is 5.75 Å². The highest BCUT2D eigenvalue weighted by Crippen LogP contribution is 2.27. The molecular weight excluding hydrogens is 336 g/mol. The number of hydrogen-bond acceptors (Lipinski definition) is 3. The first kappa shape index (κ1) is 15.1. The minimum atomic E-state index is 0.190. The summed E-state index contributed by atoms with van der Waals surface area (Å²) in [5, 5.41) is 0. The van der Waals surface area contributed by atoms with Gasteiger partial charge in [0.15, 0.2) is 0 Å². The zero-order chi connectivity index (χ0) is 14.4. The lowest BCUT2D eigenvalue weighted by atomic mass is 10.1. The Bertz CT molecular complexity index is 599. The van der Waals surface area contributed by atoms with Gasteiger partial charge in [-0.25, -0.2) is 0 Å². The molecule has 2 nitrogen and oxygen atoms in total. The Hall–Kier alpha value is -1.26. The molecule has 0 aromatic heterocycles. The molecule has 0 aliphatic carbocycles. The summed E-state index contributed by atoms with van der Waals surface area (Å²) in [4.78, 5) is 13.2. The van der Waals surface area contributed by atoms with Crippen LogP contribution in [-0.2, 0) is 11.2 Å². The van der Waals surface area contributed by atoms with Gasteiger partial charge in [-0.1, -0.05) is 30.3 Å². The van der Waals surface area contributed by atoms with Gasteiger partial charge in [-0.05, 0) is 34.1 Å². The summed E-state index contributed by atoms with van der Waals surface area (Å²) in [6.45, 7) is 0. The van der Waals surface area contributed by atoms with Crippen molar-refractivity contribution >= 4 is 33.5 Å². The van der Waals surface area contributed by atoms with E-state index in [9.17, 15) is 4.79 Å². The Balaban J connectivity index is 1.95. The number of carbonyl (C=O) groups excluding carboxylic acids is 1. The Morgan fingerprint density at radius 3 is 2.60 bits per heavy atom. The number of benzene rings is 2. The van der Waals surface area contributed by atoms with Crippen molar-refractivity contribution in [3.63, 3.8) is 0 Å². The van der Waals surface area contributed by atoms with Gasteiger partial charge in [-0.2, -0.15) is 0 Å². The van der Waals surface area contributed by atoms with Crippen molar-refractivity contribution in [2.24, 2.45) is 0 Å². The Labute approximate surface area is 131 Å². The van der Waals surface area contributed by atoms with Crippen LogP contribution in [0, 0.1) is 0 Å². The van der Waals surface area contributed by atoms with Crippen LogP contribution >= 0.6 is 27.7 Å². The molecule has 0 N–H and O–H groups in total. The van der Waals surface area contributed by atoms with Crippen LogP contribution in [0.3, 0.4) is 0 Å². The van der Waals surface area contributed by atoms with Gasteiger partial charge >= 0.3 is 0 Å². The molecule has 2 aromatic carbocycles. The first-order valence-corrected chi connectivity index (χ1v) is 7.99. The van der Waals surface area contributed by atoms with E-state index in [0.717, 1.165) is 20.7 Å². The minimum absolute atomic E-state index is 0.190. The highest BCUT2D eigenvalue weighted by Gasteiger charge is 2.09. The third kappa shape index (κ3) is 4.12. The van der Waals surface area contributed by atoms with Crippen LogP contribution in [0.15, 0.2) is 57.9 Å². The summed E-state index contributed by atoms with van der Waals surface area (Å²) >= 11 is 5.03. The van der Waals surface area contributed by atoms with Crippen LogP contribution < -0.4 is 4.74 Å². The lowest BCUT2D eigenvalue weighted by Gasteiger charge is -2.07. The summed E-state index contributed by atoms with van der Waals surface area (Å²) in [7, 11) is 1.62. The van der Waals surface area contributed by atoms with Crippen molar-refractivity contribution in [2.45, 2.75) is 11.3 Å². The number of ether oxygens (including phenoxy) is 1. The second kappa shape index (κ2) is 7.50. The van der Waals surface area contributed by atoms with Gasteiger partial charge < -0.3 is 4.74 Å². The second-order valence-electron chi connectivity index (χ2n) is 4.25. The molecular formula is C16H15BrO2S. The van der Waals surface area contributed by atoms with Crippen molar-refractivity contribution in [1.29, 1.82) is 0 Å². The third-order valence-electron chi connectivity index (χ3n) is 2.81. The van der Waals surface area contributed by atoms with Crippen molar-refractivity contribution in [3.05, 3.63) is 58.6 Å². The largest absolute Gasteiger partial charge is 0.496 e. The molecule has 0 aliphatic heterocycles. The molecule has 0 fully saturated rings. The van der Waals surface area contributed by atoms with E-state index in [1.54, 1.807) is 18.9 Å². The van der Waals surface area contributed by atoms with Crippen LogP contribution in [0.2, 0.25) is 0 Å². The fourth-order valence-corrected chi connectivity index (χ4v) is 3.26. The lowest BCUT2D eigenvalue weighted by Crippen LogP contribution is -2.06. The quantitative estimate of drug-likeness (QED) is 0.724. The lowest BCUT2D eigenvalue weighted by molar-refractivity contribution is -0.116. The molecule has 0 atom stereocenters. The van der Waals surface area contributed by atoms with E-state index >= 15 is 0 Å². The van der Waals surface area contributed by atoms with Crippen molar-refractivity contribution in [1.82, 2.24) is 0 Å². The summed E-state index contributed by atoms with van der Waals surface area (Å²) in [5.74, 6) is 1.42. The summed E-state index contributed by atoms with van der Waals surface area (Å²) < 4.78 is 6.28. The zero-order valence-corrected chi connectivity index (χ0v) is 13.5. The van der Waals surface area contributed by atoms with Crippen molar-refractivity contribution in [3.8, 4) is 5.75 Å². The molecule has 104 valence electrons. The van der Waals surface area contributed by atoms with Gasteiger partial charge in [-0.15, -0.1) is 11.8 Å². The number of carbonyl (C=O) groups is 1. The molecule has 0 bridgehead atoms. The topological polar surface area (TPSA) is 26.3 Å². The molecule has 2 aromatic rings. The Morgan fingerprint density at radius 2 is 1.85 bits per heavy atom. The summed E-state index contributed by atoms with van der Waals surface area (Å²) in [6.07, 6.45) is 0.404. The van der Waals surface area contributed by atoms with Crippen LogP contribution in [0.1, 0.15) is 5.56 Å². The number of halogens is 1. The normalized spacial score (nSPS) is 10.3. The SMILES string of the molecule is COc1ccccc1CC(=O)CSc1ccccc1Br. The highest BCUT2D eigenvalue weighted by atomic mass is 79.9. The molecule has 0 unspecified atom stereocenters. The molecule has 0 aliphatic rings. The highest BCUT2D eigenvalue weighted by molar-refractivity contribution is 9.10. The predicted octanol–water partition coefficient (Wildman–Crippen LogP) is 4.36. The summed E-state index contributed by atoms with van der Waals surface area (Å²) in [6, 6.07) is 15.6. The molecule has 0 spiro atoms. The van der Waals surface area contributed by atoms with Gasteiger partial charge in [0.1, 0.15) is 11.5 Å². The average Bonchev–Trinajstić information content (AvgIpc) is 2.47. The maximum Gasteiger partial charge on any atom is 0.147 e. The third-order valence-corrected chi connectivity index (χ3v) is 4.89. The molecule has 0 saturated carbocycles. The number of methoxy groups -OCH3 is 1. The van der Waals surface area contributed by atoms with E-state index in [-0.39, 0.29) is 5.78 Å². The Morgan fingerprint density at radius 1 is 1.15 bits per heavy atom. The van der Waals surface area contributed by atoms with Gasteiger partial charge in [0.25, 0.3) is 0 Å². The van der Waals surface area contributed by atoms with E-state index in [0.29, 0.717) is 12.2 Å². The van der Waals surface area contributed by atoms with Gasteiger partial charge in [-0.3, -0.25) is 4.79 Å². The van der Waals surface area contributed by atoms with E-state index in [2.05, 4.69) is 15.9 Å². The van der Waals surface area contributed by atoms with Gasteiger partial charge in [0.2, 0.25) is 0 Å². The standard InChI is InChI=1S/C16H15BrO2S/c1-19-15-8-4-2-6-12(15)10-13(18)11-20-16-9-5-3-7-14(16)17/h2-9H,10-11H2,1H3. The predicted molar refractivity (Wildman–Crippen MR) is 86.6 cm³/mol. The number of para-hydroxylation sites is 1. The molecule has 0 amide bonds. The molecule has 0 radical (unpaired) electrons. The van der Waals surface area contributed by atoms with Gasteiger partial charge in [0.05, 0.1) is 12.9 Å². The Kier molecular flexibility index (Phi) is 5.68. The minimum Gasteiger partial charge on any atom is -0.496 e. The van der Waals surface area contributed by atoms with E-state index in [1.165, 1.54) is 0 Å². The first-order chi connectivity index (χ1) is 9.70. The van der Waals surface area contributed by atoms with E-state index in [4.69, 9.17) is 4.74 Å². The average molecular weight is 351 g/mol. The maximum atomic E-state index is 12.1. The molecule has 20 heavy (non-hydrogen) atoms. The number of ketones is 1. The molecule has 2 rings (SSSR count). The second-order valence-corrected chi connectivity index (χ2v) is 6.12. The monoisotopic (exact) mass is 350 g/mol. The number of Topliss-reactive ketones (excluding diaryl/α,β-unsaturated/α-hetero) is 1. The first-order valence-electron chi connectivity index (χ1n) is 6.21. The fraction of sp³-hybridized carbons (Fsp3) is 0.188. The summed E-state index contributed by atoms with van der Waals surface area (Å²) in [5.41, 5.74) is 0.938. The van der Waals surface area contributed by atoms with Crippen LogP contribution in [0.4, 0.5) is 0 Å². The number of hydrogen-bond donors (Lipinski definition) is 0. The van der Waals surface area contributed by atoms with Crippen LogP contribution in [-0.4, -0.2) is 18.6 Å². The smallest absolute Gasteiger partial charge is 0.147 e. The molecule has 0 saturated heterocycles. The molecule has 4 heteroatoms. The number of thioether (sulfide) groups is 1. The van der Waals surface area contributed by atoms with Crippen molar-refractivity contribution in [2.75, 3.05) is 12.9 Å².